The number of hydrogen-bond acceptors (Lipinski definition) is 2. The summed E-state index contributed by atoms with van der Waals surface area (Å²) in [6.07, 6.45) is 2.85. The van der Waals surface area contributed by atoms with Gasteiger partial charge in [0.2, 0.25) is 5.91 Å². The SMILES string of the molecule is O=C(C1CCOc2ccccc21)N1CCCc2ccccc21. The third-order valence-corrected chi connectivity index (χ3v) is 4.63. The highest BCUT2D eigenvalue weighted by molar-refractivity contribution is 5.99. The van der Waals surface area contributed by atoms with Gasteiger partial charge in [-0.2, -0.15) is 0 Å². The first-order valence-corrected chi connectivity index (χ1v) is 7.95. The number of ether oxygens (including phenoxy) is 1. The molecule has 0 spiro atoms. The highest BCUT2D eigenvalue weighted by atomic mass is 16.5. The van der Waals surface area contributed by atoms with Crippen LogP contribution in [0.2, 0.25) is 0 Å². The Morgan fingerprint density at radius 1 is 1.09 bits per heavy atom. The maximum atomic E-state index is 13.1. The lowest BCUT2D eigenvalue weighted by Gasteiger charge is -2.34. The molecule has 3 nitrogen and oxygen atoms in total. The van der Waals surface area contributed by atoms with Crippen molar-refractivity contribution in [3.05, 3.63) is 59.7 Å². The second kappa shape index (κ2) is 5.48. The summed E-state index contributed by atoms with van der Waals surface area (Å²) in [6, 6.07) is 16.2. The summed E-state index contributed by atoms with van der Waals surface area (Å²) in [5.41, 5.74) is 3.40. The van der Waals surface area contributed by atoms with Crippen LogP contribution in [0.15, 0.2) is 48.5 Å². The van der Waals surface area contributed by atoms with Crippen LogP contribution in [-0.2, 0) is 11.2 Å². The number of benzene rings is 2. The van der Waals surface area contributed by atoms with Gasteiger partial charge in [-0.3, -0.25) is 4.79 Å². The van der Waals surface area contributed by atoms with Crippen molar-refractivity contribution in [1.82, 2.24) is 0 Å². The largest absolute Gasteiger partial charge is 0.493 e. The highest BCUT2D eigenvalue weighted by Crippen LogP contribution is 2.37. The maximum absolute atomic E-state index is 13.1. The fourth-order valence-electron chi connectivity index (χ4n) is 3.55. The second-order valence-corrected chi connectivity index (χ2v) is 5.95. The van der Waals surface area contributed by atoms with Crippen LogP contribution < -0.4 is 9.64 Å². The van der Waals surface area contributed by atoms with E-state index in [1.807, 2.05) is 35.2 Å². The number of anilines is 1. The third-order valence-electron chi connectivity index (χ3n) is 4.63. The predicted molar refractivity (Wildman–Crippen MR) is 86.4 cm³/mol. The molecular formula is C19H19NO2. The van der Waals surface area contributed by atoms with E-state index in [-0.39, 0.29) is 11.8 Å². The molecule has 22 heavy (non-hydrogen) atoms. The van der Waals surface area contributed by atoms with E-state index in [0.717, 1.165) is 42.8 Å². The maximum Gasteiger partial charge on any atom is 0.234 e. The van der Waals surface area contributed by atoms with Gasteiger partial charge in [-0.05, 0) is 37.0 Å². The molecule has 0 aliphatic carbocycles. The van der Waals surface area contributed by atoms with Crippen molar-refractivity contribution in [2.24, 2.45) is 0 Å². The molecule has 0 saturated heterocycles. The van der Waals surface area contributed by atoms with Gasteiger partial charge in [0.1, 0.15) is 5.75 Å². The van der Waals surface area contributed by atoms with Gasteiger partial charge in [-0.1, -0.05) is 36.4 Å². The second-order valence-electron chi connectivity index (χ2n) is 5.95. The van der Waals surface area contributed by atoms with Crippen molar-refractivity contribution in [3.8, 4) is 5.75 Å². The van der Waals surface area contributed by atoms with Gasteiger partial charge in [0.25, 0.3) is 0 Å². The fraction of sp³-hybridized carbons (Fsp3) is 0.316. The molecule has 0 bridgehead atoms. The molecule has 2 aliphatic heterocycles. The number of nitrogens with zero attached hydrogens (tertiary/aromatic N) is 1. The zero-order chi connectivity index (χ0) is 14.9. The summed E-state index contributed by atoms with van der Waals surface area (Å²) in [4.78, 5) is 15.1. The minimum Gasteiger partial charge on any atom is -0.493 e. The van der Waals surface area contributed by atoms with Crippen LogP contribution in [0, 0.1) is 0 Å². The number of carbonyl (C=O) groups excluding carboxylic acids is 1. The van der Waals surface area contributed by atoms with Gasteiger partial charge in [0, 0.05) is 17.8 Å². The van der Waals surface area contributed by atoms with E-state index in [1.54, 1.807) is 0 Å². The Morgan fingerprint density at radius 3 is 2.86 bits per heavy atom. The molecule has 1 amide bonds. The van der Waals surface area contributed by atoms with Crippen molar-refractivity contribution in [2.75, 3.05) is 18.1 Å². The van der Waals surface area contributed by atoms with Crippen LogP contribution in [0.5, 0.6) is 5.75 Å². The Hall–Kier alpha value is -2.29. The topological polar surface area (TPSA) is 29.5 Å². The van der Waals surface area contributed by atoms with Crippen LogP contribution >= 0.6 is 0 Å². The van der Waals surface area contributed by atoms with Crippen LogP contribution in [0.4, 0.5) is 5.69 Å². The first-order valence-electron chi connectivity index (χ1n) is 7.95. The summed E-state index contributed by atoms with van der Waals surface area (Å²) in [6.45, 7) is 1.43. The molecule has 3 heteroatoms. The third kappa shape index (κ3) is 2.17. The zero-order valence-electron chi connectivity index (χ0n) is 12.5. The lowest BCUT2D eigenvalue weighted by atomic mass is 9.90. The molecule has 0 N–H and O–H groups in total. The van der Waals surface area contributed by atoms with E-state index < -0.39 is 0 Å². The molecule has 0 radical (unpaired) electrons. The van der Waals surface area contributed by atoms with Crippen LogP contribution in [-0.4, -0.2) is 19.1 Å². The number of rotatable bonds is 1. The Labute approximate surface area is 130 Å². The summed E-state index contributed by atoms with van der Waals surface area (Å²) < 4.78 is 5.69. The number of fused-ring (bicyclic) bond motifs is 2. The Kier molecular flexibility index (Phi) is 3.34. The average Bonchev–Trinajstić information content (AvgIpc) is 2.60. The van der Waals surface area contributed by atoms with Crippen LogP contribution in [0.3, 0.4) is 0 Å². The normalized spacial score (nSPS) is 19.8. The fourth-order valence-corrected chi connectivity index (χ4v) is 3.55. The minimum atomic E-state index is -0.0869. The van der Waals surface area contributed by atoms with E-state index in [4.69, 9.17) is 4.74 Å². The number of amides is 1. The smallest absolute Gasteiger partial charge is 0.234 e. The summed E-state index contributed by atoms with van der Waals surface area (Å²) in [5, 5.41) is 0. The monoisotopic (exact) mass is 293 g/mol. The summed E-state index contributed by atoms with van der Waals surface area (Å²) in [5.74, 6) is 0.983. The summed E-state index contributed by atoms with van der Waals surface area (Å²) in [7, 11) is 0. The zero-order valence-corrected chi connectivity index (χ0v) is 12.5. The molecule has 0 saturated carbocycles. The van der Waals surface area contributed by atoms with Crippen molar-refractivity contribution >= 4 is 11.6 Å². The average molecular weight is 293 g/mol. The predicted octanol–water partition coefficient (Wildman–Crippen LogP) is 3.53. The first kappa shape index (κ1) is 13.4. The quantitative estimate of drug-likeness (QED) is 0.805. The van der Waals surface area contributed by atoms with Gasteiger partial charge in [-0.25, -0.2) is 0 Å². The molecule has 2 aromatic carbocycles. The molecule has 0 aromatic heterocycles. The number of para-hydroxylation sites is 2. The number of carbonyl (C=O) groups is 1. The van der Waals surface area contributed by atoms with Crippen molar-refractivity contribution < 1.29 is 9.53 Å². The molecule has 2 aromatic rings. The van der Waals surface area contributed by atoms with Crippen molar-refractivity contribution in [2.45, 2.75) is 25.2 Å². The van der Waals surface area contributed by atoms with Gasteiger partial charge in [-0.15, -0.1) is 0 Å². The van der Waals surface area contributed by atoms with Crippen LogP contribution in [0.1, 0.15) is 29.9 Å². The molecular weight excluding hydrogens is 274 g/mol. The minimum absolute atomic E-state index is 0.0869. The van der Waals surface area contributed by atoms with Crippen molar-refractivity contribution in [3.63, 3.8) is 0 Å². The Balaban J connectivity index is 1.69. The van der Waals surface area contributed by atoms with Gasteiger partial charge >= 0.3 is 0 Å². The lowest BCUT2D eigenvalue weighted by molar-refractivity contribution is -0.120. The molecule has 2 aliphatic rings. The molecule has 0 fully saturated rings. The molecule has 1 unspecified atom stereocenters. The number of hydrogen-bond donors (Lipinski definition) is 0. The van der Waals surface area contributed by atoms with Gasteiger partial charge < -0.3 is 9.64 Å². The van der Waals surface area contributed by atoms with E-state index in [1.165, 1.54) is 5.56 Å². The molecule has 112 valence electrons. The number of aryl methyl sites for hydroxylation is 1. The standard InChI is InChI=1S/C19H19NO2/c21-19(16-11-13-22-18-10-4-2-8-15(16)18)20-12-5-7-14-6-1-3-9-17(14)20/h1-4,6,8-10,16H,5,7,11-13H2. The Bertz CT molecular complexity index is 651. The van der Waals surface area contributed by atoms with Crippen LogP contribution in [0.25, 0.3) is 0 Å². The lowest BCUT2D eigenvalue weighted by Crippen LogP contribution is -2.40. The van der Waals surface area contributed by atoms with E-state index in [0.29, 0.717) is 6.61 Å². The van der Waals surface area contributed by atoms with E-state index in [2.05, 4.69) is 18.2 Å². The van der Waals surface area contributed by atoms with Gasteiger partial charge in [0.05, 0.1) is 12.5 Å². The Morgan fingerprint density at radius 2 is 1.91 bits per heavy atom. The first-order chi connectivity index (χ1) is 10.8. The highest BCUT2D eigenvalue weighted by Gasteiger charge is 2.33. The molecule has 4 rings (SSSR count). The van der Waals surface area contributed by atoms with E-state index in [9.17, 15) is 4.79 Å². The van der Waals surface area contributed by atoms with Gasteiger partial charge in [0.15, 0.2) is 0 Å². The van der Waals surface area contributed by atoms with E-state index >= 15 is 0 Å². The molecule has 2 heterocycles. The molecule has 1 atom stereocenters. The van der Waals surface area contributed by atoms with Crippen molar-refractivity contribution in [1.29, 1.82) is 0 Å². The summed E-state index contributed by atoms with van der Waals surface area (Å²) >= 11 is 0.